The zero-order valence-electron chi connectivity index (χ0n) is 12.6. The highest BCUT2D eigenvalue weighted by Gasteiger charge is 2.10. The zero-order valence-corrected chi connectivity index (χ0v) is 15.0. The summed E-state index contributed by atoms with van der Waals surface area (Å²) in [6, 6.07) is 16.1. The minimum absolute atomic E-state index is 0.186. The Morgan fingerprint density at radius 3 is 2.32 bits per heavy atom. The molecule has 3 nitrogen and oxygen atoms in total. The first kappa shape index (κ1) is 16.8. The van der Waals surface area contributed by atoms with E-state index in [1.165, 1.54) is 5.56 Å². The standard InChI is InChI=1S/C17H19BrN2OS/c1-3-16(12-4-6-13(18)7-5-12)20-17(22)19-14-8-10-15(21-2)11-9-14/h4-11,16H,3H2,1-2H3,(H2,19,20,22)/t16-/m1/s1. The molecule has 1 atom stereocenters. The Kier molecular flexibility index (Phi) is 6.21. The Bertz CT molecular complexity index is 614. The summed E-state index contributed by atoms with van der Waals surface area (Å²) in [5.41, 5.74) is 2.15. The SMILES string of the molecule is CC[C@@H](NC(=S)Nc1ccc(OC)cc1)c1ccc(Br)cc1. The number of ether oxygens (including phenoxy) is 1. The minimum atomic E-state index is 0.186. The zero-order chi connectivity index (χ0) is 15.9. The van der Waals surface area contributed by atoms with Crippen molar-refractivity contribution in [3.05, 3.63) is 58.6 Å². The molecule has 0 saturated heterocycles. The second-order valence-corrected chi connectivity index (χ2v) is 6.16. The summed E-state index contributed by atoms with van der Waals surface area (Å²) in [5, 5.41) is 7.16. The number of hydrogen-bond donors (Lipinski definition) is 2. The van der Waals surface area contributed by atoms with Crippen LogP contribution in [0.1, 0.15) is 24.9 Å². The van der Waals surface area contributed by atoms with Gasteiger partial charge in [0.15, 0.2) is 5.11 Å². The van der Waals surface area contributed by atoms with Crippen molar-refractivity contribution in [2.45, 2.75) is 19.4 Å². The average molecular weight is 379 g/mol. The van der Waals surface area contributed by atoms with Crippen LogP contribution in [0.3, 0.4) is 0 Å². The van der Waals surface area contributed by atoms with Crippen molar-refractivity contribution in [2.24, 2.45) is 0 Å². The van der Waals surface area contributed by atoms with Crippen LogP contribution in [0.25, 0.3) is 0 Å². The van der Waals surface area contributed by atoms with E-state index in [1.54, 1.807) is 7.11 Å². The summed E-state index contributed by atoms with van der Waals surface area (Å²) in [5.74, 6) is 0.825. The van der Waals surface area contributed by atoms with Gasteiger partial charge in [0.1, 0.15) is 5.75 Å². The van der Waals surface area contributed by atoms with Gasteiger partial charge in [0.25, 0.3) is 0 Å². The molecule has 0 amide bonds. The summed E-state index contributed by atoms with van der Waals surface area (Å²) < 4.78 is 6.22. The van der Waals surface area contributed by atoms with Gasteiger partial charge in [-0.1, -0.05) is 35.0 Å². The van der Waals surface area contributed by atoms with E-state index in [0.717, 1.165) is 22.3 Å². The van der Waals surface area contributed by atoms with E-state index in [4.69, 9.17) is 17.0 Å². The fourth-order valence-electron chi connectivity index (χ4n) is 2.12. The fourth-order valence-corrected chi connectivity index (χ4v) is 2.64. The molecule has 0 aliphatic rings. The molecule has 0 aliphatic carbocycles. The number of hydrogen-bond acceptors (Lipinski definition) is 2. The van der Waals surface area contributed by atoms with Gasteiger partial charge in [-0.2, -0.15) is 0 Å². The Labute approximate surface area is 145 Å². The normalized spacial score (nSPS) is 11.6. The molecule has 0 fully saturated rings. The molecule has 2 aromatic rings. The Morgan fingerprint density at radius 2 is 1.77 bits per heavy atom. The first-order chi connectivity index (χ1) is 10.6. The topological polar surface area (TPSA) is 33.3 Å². The lowest BCUT2D eigenvalue weighted by Gasteiger charge is -2.20. The number of thiocarbonyl (C=S) groups is 1. The lowest BCUT2D eigenvalue weighted by Crippen LogP contribution is -2.32. The molecule has 0 aliphatic heterocycles. The molecule has 0 aromatic heterocycles. The van der Waals surface area contributed by atoms with Crippen LogP contribution < -0.4 is 15.4 Å². The molecule has 0 unspecified atom stereocenters. The van der Waals surface area contributed by atoms with Crippen molar-refractivity contribution < 1.29 is 4.74 Å². The van der Waals surface area contributed by atoms with Gasteiger partial charge in [-0.15, -0.1) is 0 Å². The van der Waals surface area contributed by atoms with E-state index in [9.17, 15) is 0 Å². The van der Waals surface area contributed by atoms with Crippen LogP contribution >= 0.6 is 28.1 Å². The van der Waals surface area contributed by atoms with Crippen molar-refractivity contribution in [2.75, 3.05) is 12.4 Å². The maximum absolute atomic E-state index is 5.40. The molecule has 116 valence electrons. The highest BCUT2D eigenvalue weighted by atomic mass is 79.9. The molecule has 2 aromatic carbocycles. The first-order valence-corrected chi connectivity index (χ1v) is 8.29. The number of anilines is 1. The summed E-state index contributed by atoms with van der Waals surface area (Å²) >= 11 is 8.86. The smallest absolute Gasteiger partial charge is 0.171 e. The Morgan fingerprint density at radius 1 is 1.14 bits per heavy atom. The van der Waals surface area contributed by atoms with Gasteiger partial charge in [0.2, 0.25) is 0 Å². The summed E-state index contributed by atoms with van der Waals surface area (Å²) in [6.07, 6.45) is 0.950. The van der Waals surface area contributed by atoms with Gasteiger partial charge in [-0.25, -0.2) is 0 Å². The highest BCUT2D eigenvalue weighted by molar-refractivity contribution is 9.10. The van der Waals surface area contributed by atoms with Crippen LogP contribution in [-0.2, 0) is 0 Å². The highest BCUT2D eigenvalue weighted by Crippen LogP contribution is 2.20. The summed E-state index contributed by atoms with van der Waals surface area (Å²) in [7, 11) is 1.65. The second-order valence-electron chi connectivity index (χ2n) is 4.84. The van der Waals surface area contributed by atoms with E-state index >= 15 is 0 Å². The second kappa shape index (κ2) is 8.15. The molecule has 0 bridgehead atoms. The van der Waals surface area contributed by atoms with Crippen LogP contribution in [0.2, 0.25) is 0 Å². The van der Waals surface area contributed by atoms with E-state index in [1.807, 2.05) is 36.4 Å². The lowest BCUT2D eigenvalue weighted by molar-refractivity contribution is 0.415. The van der Waals surface area contributed by atoms with Gasteiger partial charge in [-0.3, -0.25) is 0 Å². The van der Waals surface area contributed by atoms with Gasteiger partial charge in [-0.05, 0) is 60.6 Å². The summed E-state index contributed by atoms with van der Waals surface area (Å²) in [6.45, 7) is 2.13. The van der Waals surface area contributed by atoms with Crippen LogP contribution in [0.15, 0.2) is 53.0 Å². The predicted molar refractivity (Wildman–Crippen MR) is 99.5 cm³/mol. The molecule has 2 N–H and O–H groups in total. The van der Waals surface area contributed by atoms with Gasteiger partial charge in [0.05, 0.1) is 13.2 Å². The molecule has 0 saturated carbocycles. The Balaban J connectivity index is 1.98. The van der Waals surface area contributed by atoms with E-state index < -0.39 is 0 Å². The monoisotopic (exact) mass is 378 g/mol. The maximum atomic E-state index is 5.40. The number of benzene rings is 2. The summed E-state index contributed by atoms with van der Waals surface area (Å²) in [4.78, 5) is 0. The molecule has 0 spiro atoms. The third kappa shape index (κ3) is 4.71. The largest absolute Gasteiger partial charge is 0.497 e. The number of rotatable bonds is 5. The average Bonchev–Trinajstić information content (AvgIpc) is 2.54. The molecule has 2 rings (SSSR count). The van der Waals surface area contributed by atoms with Gasteiger partial charge < -0.3 is 15.4 Å². The molecule has 5 heteroatoms. The predicted octanol–water partition coefficient (Wildman–Crippen LogP) is 4.90. The van der Waals surface area contributed by atoms with Crippen molar-refractivity contribution in [1.82, 2.24) is 5.32 Å². The lowest BCUT2D eigenvalue weighted by atomic mass is 10.1. The molecular formula is C17H19BrN2OS. The van der Waals surface area contributed by atoms with Crippen molar-refractivity contribution in [1.29, 1.82) is 0 Å². The van der Waals surface area contributed by atoms with Gasteiger partial charge in [0, 0.05) is 10.2 Å². The van der Waals surface area contributed by atoms with E-state index in [-0.39, 0.29) is 6.04 Å². The quantitative estimate of drug-likeness (QED) is 0.725. The Hall–Kier alpha value is -1.59. The van der Waals surface area contributed by atoms with E-state index in [0.29, 0.717) is 5.11 Å². The molecular weight excluding hydrogens is 360 g/mol. The molecule has 0 radical (unpaired) electrons. The van der Waals surface area contributed by atoms with Crippen molar-refractivity contribution >= 4 is 38.9 Å². The molecule has 22 heavy (non-hydrogen) atoms. The third-order valence-electron chi connectivity index (χ3n) is 3.33. The number of methoxy groups -OCH3 is 1. The van der Waals surface area contributed by atoms with Crippen LogP contribution in [0.5, 0.6) is 5.75 Å². The van der Waals surface area contributed by atoms with Crippen molar-refractivity contribution in [3.63, 3.8) is 0 Å². The van der Waals surface area contributed by atoms with Crippen molar-refractivity contribution in [3.8, 4) is 5.75 Å². The maximum Gasteiger partial charge on any atom is 0.171 e. The molecule has 0 heterocycles. The minimum Gasteiger partial charge on any atom is -0.497 e. The van der Waals surface area contributed by atoms with Crippen LogP contribution in [0, 0.1) is 0 Å². The fraction of sp³-hybridized carbons (Fsp3) is 0.235. The first-order valence-electron chi connectivity index (χ1n) is 7.09. The van der Waals surface area contributed by atoms with E-state index in [2.05, 4.69) is 45.6 Å². The third-order valence-corrected chi connectivity index (χ3v) is 4.08. The van der Waals surface area contributed by atoms with Crippen LogP contribution in [-0.4, -0.2) is 12.2 Å². The number of halogens is 1. The van der Waals surface area contributed by atoms with Gasteiger partial charge >= 0.3 is 0 Å². The number of nitrogens with one attached hydrogen (secondary N) is 2. The van der Waals surface area contributed by atoms with Crippen LogP contribution in [0.4, 0.5) is 5.69 Å².